The van der Waals surface area contributed by atoms with Crippen molar-refractivity contribution in [3.05, 3.63) is 46.2 Å². The molecule has 2 aromatic rings. The molecule has 1 aromatic carbocycles. The van der Waals surface area contributed by atoms with Gasteiger partial charge in [0.15, 0.2) is 5.78 Å². The molecule has 4 nitrogen and oxygen atoms in total. The van der Waals surface area contributed by atoms with Gasteiger partial charge in [-0.1, -0.05) is 23.7 Å². The summed E-state index contributed by atoms with van der Waals surface area (Å²) >= 11 is 6.08. The van der Waals surface area contributed by atoms with E-state index in [9.17, 15) is 13.6 Å². The molecule has 0 amide bonds. The summed E-state index contributed by atoms with van der Waals surface area (Å²) in [5.74, 6) is -0.510. The van der Waals surface area contributed by atoms with Gasteiger partial charge in [-0.2, -0.15) is 13.9 Å². The van der Waals surface area contributed by atoms with Crippen LogP contribution in [-0.2, 0) is 13.5 Å². The Morgan fingerprint density at radius 3 is 2.67 bits per heavy atom. The van der Waals surface area contributed by atoms with Gasteiger partial charge in [-0.3, -0.25) is 9.48 Å². The number of benzene rings is 1. The first-order chi connectivity index (χ1) is 9.90. The second-order valence-electron chi connectivity index (χ2n) is 4.44. The third-order valence-electron chi connectivity index (χ3n) is 2.99. The molecular formula is C14H13ClF2N2O2. The molecule has 1 aromatic heterocycles. The minimum Gasteiger partial charge on any atom is -0.434 e. The number of halogens is 3. The number of carbonyl (C=O) groups is 1. The zero-order valence-electron chi connectivity index (χ0n) is 11.4. The van der Waals surface area contributed by atoms with Gasteiger partial charge in [0.2, 0.25) is 0 Å². The number of Topliss-reactive ketones (excluding diaryl/α,β-unsaturated/α-hetero) is 1. The van der Waals surface area contributed by atoms with Crippen molar-refractivity contribution >= 4 is 17.4 Å². The number of carbonyl (C=O) groups excluding carboxylic acids is 1. The molecule has 0 bridgehead atoms. The molecular weight excluding hydrogens is 302 g/mol. The number of ether oxygens (including phenoxy) is 1. The van der Waals surface area contributed by atoms with Gasteiger partial charge in [0, 0.05) is 7.05 Å². The van der Waals surface area contributed by atoms with Crippen LogP contribution in [0.1, 0.15) is 21.7 Å². The predicted octanol–water partition coefficient (Wildman–Crippen LogP) is 3.41. The number of ketones is 1. The molecule has 0 saturated heterocycles. The average molecular weight is 315 g/mol. The molecule has 0 aliphatic carbocycles. The minimum atomic E-state index is -2.98. The number of aryl methyl sites for hydroxylation is 2. The van der Waals surface area contributed by atoms with Crippen LogP contribution in [0.2, 0.25) is 5.02 Å². The van der Waals surface area contributed by atoms with Crippen molar-refractivity contribution in [3.8, 4) is 5.75 Å². The summed E-state index contributed by atoms with van der Waals surface area (Å²) < 4.78 is 30.6. The van der Waals surface area contributed by atoms with Crippen LogP contribution in [0, 0.1) is 6.92 Å². The lowest BCUT2D eigenvalue weighted by molar-refractivity contribution is -0.0501. The third kappa shape index (κ3) is 3.39. The van der Waals surface area contributed by atoms with Crippen LogP contribution in [0.15, 0.2) is 24.3 Å². The van der Waals surface area contributed by atoms with Crippen molar-refractivity contribution in [3.63, 3.8) is 0 Å². The average Bonchev–Trinajstić information content (AvgIpc) is 2.65. The summed E-state index contributed by atoms with van der Waals surface area (Å²) in [7, 11) is 1.67. The zero-order chi connectivity index (χ0) is 15.6. The van der Waals surface area contributed by atoms with Gasteiger partial charge in [0.05, 0.1) is 28.4 Å². The van der Waals surface area contributed by atoms with Crippen molar-refractivity contribution in [2.75, 3.05) is 0 Å². The van der Waals surface area contributed by atoms with Crippen molar-refractivity contribution in [2.45, 2.75) is 20.0 Å². The monoisotopic (exact) mass is 314 g/mol. The Bertz CT molecular complexity index is 671. The highest BCUT2D eigenvalue weighted by molar-refractivity contribution is 6.32. The predicted molar refractivity (Wildman–Crippen MR) is 74.1 cm³/mol. The molecule has 0 spiro atoms. The van der Waals surface area contributed by atoms with Crippen molar-refractivity contribution in [1.82, 2.24) is 9.78 Å². The number of aromatic nitrogens is 2. The molecule has 112 valence electrons. The van der Waals surface area contributed by atoms with Crippen LogP contribution in [0.25, 0.3) is 0 Å². The van der Waals surface area contributed by atoms with E-state index in [0.717, 1.165) is 0 Å². The SMILES string of the molecule is Cc1nn(C)c(CC(=O)c2ccccc2OC(F)F)c1Cl. The van der Waals surface area contributed by atoms with Crippen molar-refractivity contribution in [2.24, 2.45) is 7.05 Å². The lowest BCUT2D eigenvalue weighted by Crippen LogP contribution is -2.12. The summed E-state index contributed by atoms with van der Waals surface area (Å²) in [6.07, 6.45) is -0.0419. The number of hydrogen-bond donors (Lipinski definition) is 0. The molecule has 2 rings (SSSR count). The minimum absolute atomic E-state index is 0.0419. The molecule has 0 aliphatic heterocycles. The Balaban J connectivity index is 2.29. The molecule has 0 radical (unpaired) electrons. The van der Waals surface area contributed by atoms with Crippen LogP contribution < -0.4 is 4.74 Å². The normalized spacial score (nSPS) is 11.0. The molecule has 0 saturated carbocycles. The molecule has 0 aliphatic rings. The summed E-state index contributed by atoms with van der Waals surface area (Å²) in [4.78, 5) is 12.3. The second kappa shape index (κ2) is 6.22. The molecule has 0 N–H and O–H groups in total. The fraction of sp³-hybridized carbons (Fsp3) is 0.286. The van der Waals surface area contributed by atoms with Crippen LogP contribution in [0.3, 0.4) is 0 Å². The largest absolute Gasteiger partial charge is 0.434 e. The van der Waals surface area contributed by atoms with Crippen LogP contribution in [-0.4, -0.2) is 22.2 Å². The first-order valence-electron chi connectivity index (χ1n) is 6.15. The Morgan fingerprint density at radius 2 is 2.10 bits per heavy atom. The van der Waals surface area contributed by atoms with Gasteiger partial charge in [-0.05, 0) is 19.1 Å². The Hall–Kier alpha value is -1.95. The number of hydrogen-bond acceptors (Lipinski definition) is 3. The van der Waals surface area contributed by atoms with E-state index in [2.05, 4.69) is 9.84 Å². The van der Waals surface area contributed by atoms with E-state index in [0.29, 0.717) is 16.4 Å². The van der Waals surface area contributed by atoms with Crippen LogP contribution >= 0.6 is 11.6 Å². The standard InChI is InChI=1S/C14H13ClF2N2O2/c1-8-13(15)10(19(2)18-8)7-11(20)9-5-3-4-6-12(9)21-14(16)17/h3-6,14H,7H2,1-2H3. The fourth-order valence-electron chi connectivity index (χ4n) is 2.02. The molecule has 1 heterocycles. The maximum atomic E-state index is 12.4. The Labute approximate surface area is 125 Å². The van der Waals surface area contributed by atoms with E-state index < -0.39 is 6.61 Å². The summed E-state index contributed by atoms with van der Waals surface area (Å²) in [6.45, 7) is -1.26. The van der Waals surface area contributed by atoms with Gasteiger partial charge in [0.1, 0.15) is 5.75 Å². The van der Waals surface area contributed by atoms with Crippen molar-refractivity contribution in [1.29, 1.82) is 0 Å². The van der Waals surface area contributed by atoms with Gasteiger partial charge >= 0.3 is 6.61 Å². The highest BCUT2D eigenvalue weighted by Crippen LogP contribution is 2.25. The Kier molecular flexibility index (Phi) is 4.57. The highest BCUT2D eigenvalue weighted by Gasteiger charge is 2.19. The molecule has 0 fully saturated rings. The van der Waals surface area contributed by atoms with Gasteiger partial charge in [-0.25, -0.2) is 0 Å². The van der Waals surface area contributed by atoms with E-state index in [1.165, 1.54) is 22.9 Å². The number of para-hydroxylation sites is 1. The maximum Gasteiger partial charge on any atom is 0.387 e. The van der Waals surface area contributed by atoms with E-state index >= 15 is 0 Å². The lowest BCUT2D eigenvalue weighted by atomic mass is 10.1. The fourth-order valence-corrected chi connectivity index (χ4v) is 2.24. The number of rotatable bonds is 5. The van der Waals surface area contributed by atoms with E-state index in [1.807, 2.05) is 0 Å². The summed E-state index contributed by atoms with van der Waals surface area (Å²) in [6, 6.07) is 5.88. The van der Waals surface area contributed by atoms with Gasteiger partial charge in [0.25, 0.3) is 0 Å². The Morgan fingerprint density at radius 1 is 1.43 bits per heavy atom. The molecule has 7 heteroatoms. The van der Waals surface area contributed by atoms with Crippen LogP contribution in [0.5, 0.6) is 5.75 Å². The molecule has 0 atom stereocenters. The summed E-state index contributed by atoms with van der Waals surface area (Å²) in [5.41, 5.74) is 1.23. The number of alkyl halides is 2. The lowest BCUT2D eigenvalue weighted by Gasteiger charge is -2.10. The zero-order valence-corrected chi connectivity index (χ0v) is 12.2. The van der Waals surface area contributed by atoms with Crippen molar-refractivity contribution < 1.29 is 18.3 Å². The summed E-state index contributed by atoms with van der Waals surface area (Å²) in [5, 5.41) is 4.51. The van der Waals surface area contributed by atoms with E-state index in [-0.39, 0.29) is 23.5 Å². The third-order valence-corrected chi connectivity index (χ3v) is 3.48. The molecule has 21 heavy (non-hydrogen) atoms. The quantitative estimate of drug-likeness (QED) is 0.794. The topological polar surface area (TPSA) is 44.1 Å². The van der Waals surface area contributed by atoms with E-state index in [4.69, 9.17) is 11.6 Å². The first-order valence-corrected chi connectivity index (χ1v) is 6.53. The van der Waals surface area contributed by atoms with E-state index in [1.54, 1.807) is 20.0 Å². The van der Waals surface area contributed by atoms with Gasteiger partial charge < -0.3 is 4.74 Å². The smallest absolute Gasteiger partial charge is 0.387 e. The first kappa shape index (κ1) is 15.4. The van der Waals surface area contributed by atoms with Crippen LogP contribution in [0.4, 0.5) is 8.78 Å². The second-order valence-corrected chi connectivity index (χ2v) is 4.82. The number of nitrogens with zero attached hydrogens (tertiary/aromatic N) is 2. The molecule has 0 unspecified atom stereocenters. The maximum absolute atomic E-state index is 12.4. The highest BCUT2D eigenvalue weighted by atomic mass is 35.5. The van der Waals surface area contributed by atoms with Gasteiger partial charge in [-0.15, -0.1) is 0 Å².